The second-order valence-corrected chi connectivity index (χ2v) is 15.9. The van der Waals surface area contributed by atoms with Crippen LogP contribution in [-0.4, -0.2) is 137 Å². The number of urea groups is 1. The Balaban J connectivity index is 0.760. The lowest BCUT2D eigenvalue weighted by Gasteiger charge is -2.17. The topological polar surface area (TPSA) is 212 Å². The summed E-state index contributed by atoms with van der Waals surface area (Å²) >= 11 is 1.89. The normalized spacial score (nSPS) is 18.2. The van der Waals surface area contributed by atoms with E-state index in [1.807, 2.05) is 60.3 Å². The minimum absolute atomic E-state index is 0.0174. The molecule has 5 amide bonds. The van der Waals surface area contributed by atoms with Gasteiger partial charge < -0.3 is 55.4 Å². The predicted octanol–water partition coefficient (Wildman–Crippen LogP) is 3.56. The van der Waals surface area contributed by atoms with Crippen LogP contribution in [0.1, 0.15) is 68.4 Å². The number of alkyl carbamates (subject to hydrolysis) is 1. The molecule has 6 N–H and O–H groups in total. The summed E-state index contributed by atoms with van der Waals surface area (Å²) in [5, 5.41) is 24.1. The van der Waals surface area contributed by atoms with Gasteiger partial charge in [-0.2, -0.15) is 11.8 Å². The summed E-state index contributed by atoms with van der Waals surface area (Å²) in [5.74, 6) is -0.474. The maximum Gasteiger partial charge on any atom is 0.407 e. The highest BCUT2D eigenvalue weighted by molar-refractivity contribution is 8.00. The lowest BCUT2D eigenvalue weighted by molar-refractivity contribution is -0.139. The molecule has 324 valence electrons. The molecule has 59 heavy (non-hydrogen) atoms. The van der Waals surface area contributed by atoms with Crippen LogP contribution in [-0.2, 0) is 38.1 Å². The fourth-order valence-electron chi connectivity index (χ4n) is 7.38. The average molecular weight is 842 g/mol. The number of carboxylic acids is 1. The van der Waals surface area contributed by atoms with E-state index in [0.29, 0.717) is 83.9 Å². The first-order valence-corrected chi connectivity index (χ1v) is 21.7. The van der Waals surface area contributed by atoms with Gasteiger partial charge in [0.25, 0.3) is 0 Å². The smallest absolute Gasteiger partial charge is 0.407 e. The first-order valence-electron chi connectivity index (χ1n) is 20.7. The van der Waals surface area contributed by atoms with Gasteiger partial charge in [0, 0.05) is 42.9 Å². The molecule has 4 atom stereocenters. The van der Waals surface area contributed by atoms with Gasteiger partial charge in [-0.15, -0.1) is 0 Å². The van der Waals surface area contributed by atoms with E-state index < -0.39 is 18.1 Å². The van der Waals surface area contributed by atoms with E-state index >= 15 is 0 Å². The SMILES string of the molecule is O=C(CCCC[C@@H]1SC[C@@H]2NC(=O)N[C@H]21)NCCOCCOCCOCCOCCC(=O)NCCCC[C@H](NC(=O)OCC1c2ccccc2-c2ccccc21)C(=O)O. The van der Waals surface area contributed by atoms with Crippen LogP contribution in [0.15, 0.2) is 48.5 Å². The van der Waals surface area contributed by atoms with Gasteiger partial charge in [0.2, 0.25) is 11.8 Å². The van der Waals surface area contributed by atoms with Crippen LogP contribution in [0.5, 0.6) is 0 Å². The standard InChI is InChI=1S/C42H59N5O11S/c48-37(15-6-5-14-36-39-35(28-59-36)45-41(52)47-39)44-18-20-55-22-24-57-26-25-56-23-21-54-19-16-38(49)43-17-8-7-13-34(40(50)51)46-42(53)58-27-33-31-11-3-1-9-29(31)30-10-2-4-12-32(30)33/h1-4,9-12,33-36,39H,5-8,13-28H2,(H,43,49)(H,44,48)(H,46,53)(H,50,51)(H2,45,47,52)/t34-,35-,36-,39+/m0/s1. The molecule has 2 aliphatic heterocycles. The van der Waals surface area contributed by atoms with Crippen molar-refractivity contribution >= 4 is 41.7 Å². The Kier molecular flexibility index (Phi) is 19.5. The van der Waals surface area contributed by atoms with Gasteiger partial charge in [0.15, 0.2) is 0 Å². The van der Waals surface area contributed by atoms with Gasteiger partial charge >= 0.3 is 18.1 Å². The lowest BCUT2D eigenvalue weighted by Crippen LogP contribution is -2.41. The molecule has 3 aliphatic rings. The van der Waals surface area contributed by atoms with Gasteiger partial charge in [-0.1, -0.05) is 55.0 Å². The molecule has 2 saturated heterocycles. The fraction of sp³-hybridized carbons (Fsp3) is 0.595. The van der Waals surface area contributed by atoms with Gasteiger partial charge in [-0.25, -0.2) is 14.4 Å². The van der Waals surface area contributed by atoms with Crippen molar-refractivity contribution in [2.45, 2.75) is 80.7 Å². The number of rotatable bonds is 29. The van der Waals surface area contributed by atoms with Crippen LogP contribution >= 0.6 is 11.8 Å². The molecule has 2 aromatic rings. The number of carboxylic acid groups (broad SMARTS) is 1. The second kappa shape index (κ2) is 25.3. The third-order valence-corrected chi connectivity index (χ3v) is 11.9. The molecule has 2 fully saturated rings. The second-order valence-electron chi connectivity index (χ2n) is 14.6. The van der Waals surface area contributed by atoms with Crippen LogP contribution < -0.4 is 26.6 Å². The Morgan fingerprint density at radius 3 is 2.02 bits per heavy atom. The minimum atomic E-state index is -1.15. The molecule has 0 radical (unpaired) electrons. The fourth-order valence-corrected chi connectivity index (χ4v) is 8.92. The maximum atomic E-state index is 12.6. The first kappa shape index (κ1) is 45.7. The molecule has 0 unspecified atom stereocenters. The Bertz CT molecular complexity index is 1620. The van der Waals surface area contributed by atoms with E-state index in [1.165, 1.54) is 0 Å². The van der Waals surface area contributed by atoms with Gasteiger partial charge in [-0.05, 0) is 54.4 Å². The molecule has 17 heteroatoms. The van der Waals surface area contributed by atoms with E-state index in [1.54, 1.807) is 0 Å². The molecule has 2 heterocycles. The number of thioether (sulfide) groups is 1. The van der Waals surface area contributed by atoms with Gasteiger partial charge in [0.05, 0.1) is 64.9 Å². The van der Waals surface area contributed by atoms with Crippen molar-refractivity contribution in [3.05, 3.63) is 59.7 Å². The number of carbonyl (C=O) groups excluding carboxylic acids is 4. The summed E-state index contributed by atoms with van der Waals surface area (Å²) in [4.78, 5) is 60.1. The van der Waals surface area contributed by atoms with Crippen molar-refractivity contribution in [3.63, 3.8) is 0 Å². The summed E-state index contributed by atoms with van der Waals surface area (Å²) in [7, 11) is 0. The molecular weight excluding hydrogens is 783 g/mol. The highest BCUT2D eigenvalue weighted by atomic mass is 32.2. The van der Waals surface area contributed by atoms with Crippen molar-refractivity contribution in [1.29, 1.82) is 0 Å². The number of carbonyl (C=O) groups is 5. The van der Waals surface area contributed by atoms with Crippen molar-refractivity contribution in [3.8, 4) is 11.1 Å². The number of aliphatic carboxylic acids is 1. The lowest BCUT2D eigenvalue weighted by atomic mass is 9.98. The molecule has 2 aromatic carbocycles. The number of benzene rings is 2. The average Bonchev–Trinajstić information content (AvgIpc) is 3.89. The number of fused-ring (bicyclic) bond motifs is 4. The first-order chi connectivity index (χ1) is 28.8. The number of hydrogen-bond acceptors (Lipinski definition) is 11. The van der Waals surface area contributed by atoms with Crippen molar-refractivity contribution in [2.75, 3.05) is 78.3 Å². The third-order valence-electron chi connectivity index (χ3n) is 10.4. The molecule has 16 nitrogen and oxygen atoms in total. The molecule has 0 spiro atoms. The molecule has 0 bridgehead atoms. The quantitative estimate of drug-likeness (QED) is 0.0513. The predicted molar refractivity (Wildman–Crippen MR) is 221 cm³/mol. The number of amides is 5. The Labute approximate surface area is 349 Å². The monoisotopic (exact) mass is 841 g/mol. The molecule has 5 rings (SSSR count). The van der Waals surface area contributed by atoms with E-state index in [9.17, 15) is 29.1 Å². The molecule has 0 saturated carbocycles. The third kappa shape index (κ3) is 15.3. The number of hydrogen-bond donors (Lipinski definition) is 6. The summed E-state index contributed by atoms with van der Waals surface area (Å²) in [5.41, 5.74) is 4.36. The summed E-state index contributed by atoms with van der Waals surface area (Å²) < 4.78 is 27.4. The molecule has 1 aliphatic carbocycles. The zero-order valence-electron chi connectivity index (χ0n) is 33.6. The minimum Gasteiger partial charge on any atom is -0.480 e. The van der Waals surface area contributed by atoms with Crippen molar-refractivity contribution < 1.29 is 52.8 Å². The number of nitrogens with one attached hydrogen (secondary N) is 5. The molecular formula is C42H59N5O11S. The van der Waals surface area contributed by atoms with Crippen LogP contribution in [0.2, 0.25) is 0 Å². The van der Waals surface area contributed by atoms with Gasteiger partial charge in [-0.3, -0.25) is 9.59 Å². The summed E-state index contributed by atoms with van der Waals surface area (Å²) in [6.07, 6.45) is 3.89. The van der Waals surface area contributed by atoms with Crippen LogP contribution in [0, 0.1) is 0 Å². The molecule has 0 aromatic heterocycles. The highest BCUT2D eigenvalue weighted by Gasteiger charge is 2.42. The van der Waals surface area contributed by atoms with E-state index in [0.717, 1.165) is 47.3 Å². The highest BCUT2D eigenvalue weighted by Crippen LogP contribution is 2.44. The zero-order chi connectivity index (χ0) is 41.7. The van der Waals surface area contributed by atoms with Crippen LogP contribution in [0.4, 0.5) is 9.59 Å². The van der Waals surface area contributed by atoms with E-state index in [-0.39, 0.29) is 61.9 Å². The van der Waals surface area contributed by atoms with Crippen LogP contribution in [0.3, 0.4) is 0 Å². The van der Waals surface area contributed by atoms with Gasteiger partial charge in [0.1, 0.15) is 12.6 Å². The zero-order valence-corrected chi connectivity index (χ0v) is 34.4. The Morgan fingerprint density at radius 1 is 0.729 bits per heavy atom. The Hall–Kier alpha value is -4.42. The van der Waals surface area contributed by atoms with Crippen molar-refractivity contribution in [1.82, 2.24) is 26.6 Å². The largest absolute Gasteiger partial charge is 0.480 e. The maximum absolute atomic E-state index is 12.6. The number of ether oxygens (including phenoxy) is 5. The Morgan fingerprint density at radius 2 is 1.34 bits per heavy atom. The summed E-state index contributed by atoms with van der Waals surface area (Å²) in [6, 6.07) is 15.2. The summed E-state index contributed by atoms with van der Waals surface area (Å²) in [6.45, 7) is 3.93. The van der Waals surface area contributed by atoms with E-state index in [2.05, 4.69) is 26.6 Å². The number of unbranched alkanes of at least 4 members (excludes halogenated alkanes) is 2. The van der Waals surface area contributed by atoms with Crippen molar-refractivity contribution in [2.24, 2.45) is 0 Å². The van der Waals surface area contributed by atoms with Crippen LogP contribution in [0.25, 0.3) is 11.1 Å². The van der Waals surface area contributed by atoms with E-state index in [4.69, 9.17) is 23.7 Å².